The number of ether oxygens (including phenoxy) is 1. The number of hydrogen-bond donors (Lipinski definition) is 0. The summed E-state index contributed by atoms with van der Waals surface area (Å²) in [5.41, 5.74) is 2.38. The molecule has 2 aromatic rings. The van der Waals surface area contributed by atoms with Crippen molar-refractivity contribution in [1.82, 2.24) is 14.3 Å². The molecule has 0 N–H and O–H groups in total. The van der Waals surface area contributed by atoms with E-state index >= 15 is 0 Å². The normalized spacial score (nSPS) is 16.4. The molecule has 1 aliphatic rings. The summed E-state index contributed by atoms with van der Waals surface area (Å²) in [6, 6.07) is 3.52. The first-order valence-electron chi connectivity index (χ1n) is 7.04. The maximum absolute atomic E-state index is 11.5. The molecule has 0 saturated carbocycles. The van der Waals surface area contributed by atoms with Gasteiger partial charge in [0.05, 0.1) is 18.4 Å². The molecule has 0 unspecified atom stereocenters. The molecule has 5 nitrogen and oxygen atoms in total. The summed E-state index contributed by atoms with van der Waals surface area (Å²) < 4.78 is 6.68. The fraction of sp³-hybridized carbons (Fsp3) is 0.467. The number of piperidine rings is 1. The number of fused-ring (bicyclic) bond motifs is 1. The third-order valence-electron chi connectivity index (χ3n) is 3.77. The van der Waals surface area contributed by atoms with Crippen LogP contribution in [0.4, 0.5) is 0 Å². The molecule has 0 bridgehead atoms. The third kappa shape index (κ3) is 2.67. The number of pyridine rings is 1. The van der Waals surface area contributed by atoms with E-state index in [4.69, 9.17) is 4.74 Å². The lowest BCUT2D eigenvalue weighted by molar-refractivity contribution is 0.0600. The lowest BCUT2D eigenvalue weighted by atomic mass is 10.1. The lowest BCUT2D eigenvalue weighted by Crippen LogP contribution is -2.29. The SMILES string of the molecule is COC(=O)c1ccn2cc(CN3CCCCC3)nc2c1. The zero-order valence-electron chi connectivity index (χ0n) is 11.7. The molecule has 0 radical (unpaired) electrons. The average molecular weight is 273 g/mol. The number of esters is 1. The van der Waals surface area contributed by atoms with Crippen molar-refractivity contribution in [3.05, 3.63) is 35.8 Å². The van der Waals surface area contributed by atoms with Crippen molar-refractivity contribution in [2.24, 2.45) is 0 Å². The van der Waals surface area contributed by atoms with Gasteiger partial charge in [-0.25, -0.2) is 9.78 Å². The number of rotatable bonds is 3. The van der Waals surface area contributed by atoms with Gasteiger partial charge < -0.3 is 9.14 Å². The van der Waals surface area contributed by atoms with Crippen molar-refractivity contribution in [1.29, 1.82) is 0 Å². The summed E-state index contributed by atoms with van der Waals surface area (Å²) in [6.45, 7) is 3.19. The second-order valence-electron chi connectivity index (χ2n) is 5.24. The van der Waals surface area contributed by atoms with Crippen molar-refractivity contribution >= 4 is 11.6 Å². The van der Waals surface area contributed by atoms with Gasteiger partial charge in [-0.05, 0) is 38.1 Å². The van der Waals surface area contributed by atoms with E-state index in [9.17, 15) is 4.79 Å². The van der Waals surface area contributed by atoms with E-state index in [-0.39, 0.29) is 5.97 Å². The molecule has 0 spiro atoms. The van der Waals surface area contributed by atoms with Crippen LogP contribution in [0.25, 0.3) is 5.65 Å². The number of carbonyl (C=O) groups is 1. The second kappa shape index (κ2) is 5.63. The minimum atomic E-state index is -0.326. The smallest absolute Gasteiger partial charge is 0.338 e. The Labute approximate surface area is 118 Å². The van der Waals surface area contributed by atoms with Crippen molar-refractivity contribution in [3.63, 3.8) is 0 Å². The van der Waals surface area contributed by atoms with Gasteiger partial charge >= 0.3 is 5.97 Å². The molecule has 0 amide bonds. The molecule has 0 aliphatic carbocycles. The van der Waals surface area contributed by atoms with Crippen molar-refractivity contribution < 1.29 is 9.53 Å². The Morgan fingerprint density at radius 3 is 2.90 bits per heavy atom. The van der Waals surface area contributed by atoms with E-state index in [1.807, 2.05) is 16.8 Å². The minimum Gasteiger partial charge on any atom is -0.465 e. The summed E-state index contributed by atoms with van der Waals surface area (Å²) in [7, 11) is 1.39. The Kier molecular flexibility index (Phi) is 3.69. The van der Waals surface area contributed by atoms with Gasteiger partial charge in [-0.2, -0.15) is 0 Å². The van der Waals surface area contributed by atoms with Gasteiger partial charge in [0.15, 0.2) is 0 Å². The van der Waals surface area contributed by atoms with Crippen LogP contribution in [-0.2, 0) is 11.3 Å². The number of methoxy groups -OCH3 is 1. The Bertz CT molecular complexity index is 615. The molecule has 3 heterocycles. The van der Waals surface area contributed by atoms with Crippen LogP contribution in [0.15, 0.2) is 24.5 Å². The molecule has 0 aromatic carbocycles. The summed E-state index contributed by atoms with van der Waals surface area (Å²) in [6.07, 6.45) is 7.78. The maximum atomic E-state index is 11.5. The highest BCUT2D eigenvalue weighted by Crippen LogP contribution is 2.14. The van der Waals surface area contributed by atoms with Crippen LogP contribution >= 0.6 is 0 Å². The zero-order valence-corrected chi connectivity index (χ0v) is 11.7. The molecule has 1 aliphatic heterocycles. The Hall–Kier alpha value is -1.88. The van der Waals surface area contributed by atoms with Crippen LogP contribution < -0.4 is 0 Å². The van der Waals surface area contributed by atoms with E-state index in [1.54, 1.807) is 12.1 Å². The van der Waals surface area contributed by atoms with Crippen molar-refractivity contribution in [2.45, 2.75) is 25.8 Å². The first-order valence-corrected chi connectivity index (χ1v) is 7.04. The Balaban J connectivity index is 1.81. The topological polar surface area (TPSA) is 46.8 Å². The van der Waals surface area contributed by atoms with Crippen LogP contribution in [-0.4, -0.2) is 40.5 Å². The van der Waals surface area contributed by atoms with E-state index in [2.05, 4.69) is 9.88 Å². The maximum Gasteiger partial charge on any atom is 0.338 e. The lowest BCUT2D eigenvalue weighted by Gasteiger charge is -2.25. The van der Waals surface area contributed by atoms with Gasteiger partial charge in [0, 0.05) is 18.9 Å². The number of aromatic nitrogens is 2. The highest BCUT2D eigenvalue weighted by atomic mass is 16.5. The average Bonchev–Trinajstić information content (AvgIpc) is 2.88. The van der Waals surface area contributed by atoms with Crippen LogP contribution in [0.5, 0.6) is 0 Å². The molecule has 5 heteroatoms. The third-order valence-corrected chi connectivity index (χ3v) is 3.77. The molecule has 0 atom stereocenters. The van der Waals surface area contributed by atoms with Gasteiger partial charge in [0.1, 0.15) is 5.65 Å². The molecule has 106 valence electrons. The van der Waals surface area contributed by atoms with Crippen LogP contribution in [0.1, 0.15) is 35.3 Å². The van der Waals surface area contributed by atoms with E-state index in [0.29, 0.717) is 5.56 Å². The highest BCUT2D eigenvalue weighted by Gasteiger charge is 2.13. The molecular formula is C15H19N3O2. The number of likely N-dealkylation sites (tertiary alicyclic amines) is 1. The van der Waals surface area contributed by atoms with Crippen molar-refractivity contribution in [2.75, 3.05) is 20.2 Å². The van der Waals surface area contributed by atoms with Gasteiger partial charge in [-0.15, -0.1) is 0 Å². The highest BCUT2D eigenvalue weighted by molar-refractivity contribution is 5.90. The number of imidazole rings is 1. The monoisotopic (exact) mass is 273 g/mol. The van der Waals surface area contributed by atoms with Crippen LogP contribution in [0, 0.1) is 0 Å². The van der Waals surface area contributed by atoms with Crippen LogP contribution in [0.3, 0.4) is 0 Å². The number of carbonyl (C=O) groups excluding carboxylic acids is 1. The Morgan fingerprint density at radius 2 is 2.15 bits per heavy atom. The van der Waals surface area contributed by atoms with E-state index < -0.39 is 0 Å². The fourth-order valence-electron chi connectivity index (χ4n) is 2.70. The number of nitrogens with zero attached hydrogens (tertiary/aromatic N) is 3. The van der Waals surface area contributed by atoms with Crippen molar-refractivity contribution in [3.8, 4) is 0 Å². The predicted octanol–water partition coefficient (Wildman–Crippen LogP) is 2.11. The van der Waals surface area contributed by atoms with E-state index in [1.165, 1.54) is 26.4 Å². The van der Waals surface area contributed by atoms with Gasteiger partial charge in [0.2, 0.25) is 0 Å². The summed E-state index contributed by atoms with van der Waals surface area (Å²) in [5, 5.41) is 0. The standard InChI is InChI=1S/C15H19N3O2/c1-20-15(19)12-5-8-18-11-13(16-14(18)9-12)10-17-6-3-2-4-7-17/h5,8-9,11H,2-4,6-7,10H2,1H3. The summed E-state index contributed by atoms with van der Waals surface area (Å²) >= 11 is 0. The quantitative estimate of drug-likeness (QED) is 0.804. The van der Waals surface area contributed by atoms with Gasteiger partial charge in [0.25, 0.3) is 0 Å². The zero-order chi connectivity index (χ0) is 13.9. The predicted molar refractivity (Wildman–Crippen MR) is 75.7 cm³/mol. The van der Waals surface area contributed by atoms with Gasteiger partial charge in [-0.3, -0.25) is 4.90 Å². The first-order chi connectivity index (χ1) is 9.76. The number of hydrogen-bond acceptors (Lipinski definition) is 4. The second-order valence-corrected chi connectivity index (χ2v) is 5.24. The first kappa shape index (κ1) is 13.1. The van der Waals surface area contributed by atoms with Gasteiger partial charge in [-0.1, -0.05) is 6.42 Å². The fourth-order valence-corrected chi connectivity index (χ4v) is 2.70. The molecule has 3 rings (SSSR count). The summed E-state index contributed by atoms with van der Waals surface area (Å²) in [5.74, 6) is -0.326. The molecular weight excluding hydrogens is 254 g/mol. The summed E-state index contributed by atoms with van der Waals surface area (Å²) in [4.78, 5) is 18.5. The molecule has 20 heavy (non-hydrogen) atoms. The molecule has 1 fully saturated rings. The molecule has 2 aromatic heterocycles. The largest absolute Gasteiger partial charge is 0.465 e. The van der Waals surface area contributed by atoms with Crippen LogP contribution in [0.2, 0.25) is 0 Å². The van der Waals surface area contributed by atoms with E-state index in [0.717, 1.165) is 31.0 Å². The minimum absolute atomic E-state index is 0.326. The molecule has 1 saturated heterocycles. The Morgan fingerprint density at radius 1 is 1.35 bits per heavy atom.